The van der Waals surface area contributed by atoms with Crippen molar-refractivity contribution in [2.24, 2.45) is 0 Å². The van der Waals surface area contributed by atoms with Crippen LogP contribution in [0.5, 0.6) is 0 Å². The van der Waals surface area contributed by atoms with E-state index in [2.05, 4.69) is 31.4 Å². The van der Waals surface area contributed by atoms with Gasteiger partial charge in [0, 0.05) is 23.0 Å². The van der Waals surface area contributed by atoms with Crippen LogP contribution in [0, 0.1) is 13.8 Å². The molecule has 0 bridgehead atoms. The first-order chi connectivity index (χ1) is 8.15. The van der Waals surface area contributed by atoms with Crippen molar-refractivity contribution in [2.75, 3.05) is 11.5 Å². The summed E-state index contributed by atoms with van der Waals surface area (Å²) in [5.74, 6) is 2.00. The Morgan fingerprint density at radius 1 is 1.47 bits per heavy atom. The van der Waals surface area contributed by atoms with Gasteiger partial charge in [-0.15, -0.1) is 0 Å². The largest absolute Gasteiger partial charge is 0.345 e. The van der Waals surface area contributed by atoms with Gasteiger partial charge in [0.15, 0.2) is 5.78 Å². The van der Waals surface area contributed by atoms with Crippen molar-refractivity contribution in [3.05, 3.63) is 23.0 Å². The molecule has 2 nitrogen and oxygen atoms in total. The van der Waals surface area contributed by atoms with Crippen LogP contribution < -0.4 is 0 Å². The Morgan fingerprint density at radius 3 is 2.76 bits per heavy atom. The first kappa shape index (κ1) is 12.7. The number of aryl methyl sites for hydroxylation is 1. The summed E-state index contributed by atoms with van der Waals surface area (Å²) in [6.45, 7) is 6.35. The summed E-state index contributed by atoms with van der Waals surface area (Å²) in [6, 6.07) is 2.74. The minimum atomic E-state index is 0.295. The number of hydrogen-bond acceptors (Lipinski definition) is 2. The van der Waals surface area contributed by atoms with Crippen LogP contribution in [-0.2, 0) is 0 Å². The molecular formula is C14H21NOS. The fraction of sp³-hybridized carbons (Fsp3) is 0.643. The summed E-state index contributed by atoms with van der Waals surface area (Å²) in [6.07, 6.45) is 3.68. The van der Waals surface area contributed by atoms with Crippen LogP contribution in [0.1, 0.15) is 54.0 Å². The maximum Gasteiger partial charge on any atom is 0.174 e. The highest BCUT2D eigenvalue weighted by atomic mass is 32.2. The van der Waals surface area contributed by atoms with E-state index in [-0.39, 0.29) is 0 Å². The van der Waals surface area contributed by atoms with Crippen LogP contribution in [0.25, 0.3) is 0 Å². The topological polar surface area (TPSA) is 22.0 Å². The quantitative estimate of drug-likeness (QED) is 0.567. The number of thioether (sulfide) groups is 1. The number of rotatable bonds is 6. The molecule has 0 amide bonds. The van der Waals surface area contributed by atoms with Gasteiger partial charge in [0.25, 0.3) is 0 Å². The zero-order valence-electron chi connectivity index (χ0n) is 11.0. The summed E-state index contributed by atoms with van der Waals surface area (Å²) in [5, 5.41) is 0. The molecule has 1 aliphatic carbocycles. The molecule has 1 aliphatic rings. The Kier molecular flexibility index (Phi) is 3.97. The lowest BCUT2D eigenvalue weighted by atomic mass is 10.2. The van der Waals surface area contributed by atoms with Crippen molar-refractivity contribution in [1.82, 2.24) is 4.57 Å². The van der Waals surface area contributed by atoms with Crippen LogP contribution in [0.15, 0.2) is 6.07 Å². The Balaban J connectivity index is 2.10. The number of hydrogen-bond donors (Lipinski definition) is 0. The molecule has 94 valence electrons. The lowest BCUT2D eigenvalue weighted by molar-refractivity contribution is 0.102. The number of aromatic nitrogens is 1. The SMILES string of the molecule is CCCSCC(=O)c1cc(C)n(C2CC2)c1C. The first-order valence-corrected chi connectivity index (χ1v) is 7.60. The maximum atomic E-state index is 12.1. The van der Waals surface area contributed by atoms with Gasteiger partial charge >= 0.3 is 0 Å². The average molecular weight is 251 g/mol. The van der Waals surface area contributed by atoms with Gasteiger partial charge < -0.3 is 4.57 Å². The summed E-state index contributed by atoms with van der Waals surface area (Å²) >= 11 is 1.75. The number of Topliss-reactive ketones (excluding diaryl/α,β-unsaturated/α-hetero) is 1. The summed E-state index contributed by atoms with van der Waals surface area (Å²) in [5.41, 5.74) is 3.36. The lowest BCUT2D eigenvalue weighted by Gasteiger charge is -2.07. The van der Waals surface area contributed by atoms with Crippen LogP contribution in [0.2, 0.25) is 0 Å². The van der Waals surface area contributed by atoms with Crippen LogP contribution in [0.4, 0.5) is 0 Å². The van der Waals surface area contributed by atoms with Crippen molar-refractivity contribution < 1.29 is 4.79 Å². The third kappa shape index (κ3) is 2.76. The molecule has 17 heavy (non-hydrogen) atoms. The fourth-order valence-corrected chi connectivity index (χ4v) is 3.11. The Labute approximate surface area is 108 Å². The smallest absolute Gasteiger partial charge is 0.174 e. The van der Waals surface area contributed by atoms with E-state index >= 15 is 0 Å². The molecule has 0 spiro atoms. The van der Waals surface area contributed by atoms with Crippen molar-refractivity contribution >= 4 is 17.5 Å². The van der Waals surface area contributed by atoms with E-state index in [0.29, 0.717) is 17.6 Å². The second-order valence-corrected chi connectivity index (χ2v) is 5.97. The van der Waals surface area contributed by atoms with Crippen molar-refractivity contribution in [2.45, 2.75) is 46.1 Å². The molecule has 3 heteroatoms. The van der Waals surface area contributed by atoms with Gasteiger partial charge in [-0.25, -0.2) is 0 Å². The summed E-state index contributed by atoms with van der Waals surface area (Å²) in [4.78, 5) is 12.1. The van der Waals surface area contributed by atoms with E-state index in [9.17, 15) is 4.79 Å². The van der Waals surface area contributed by atoms with Crippen molar-refractivity contribution in [1.29, 1.82) is 0 Å². The average Bonchev–Trinajstić information content (AvgIpc) is 3.06. The van der Waals surface area contributed by atoms with Gasteiger partial charge in [0.05, 0.1) is 5.75 Å². The third-order valence-electron chi connectivity index (χ3n) is 3.28. The van der Waals surface area contributed by atoms with Gasteiger partial charge in [-0.2, -0.15) is 11.8 Å². The van der Waals surface area contributed by atoms with Crippen LogP contribution in [-0.4, -0.2) is 21.9 Å². The molecule has 0 N–H and O–H groups in total. The van der Waals surface area contributed by atoms with Gasteiger partial charge in [-0.1, -0.05) is 6.92 Å². The standard InChI is InChI=1S/C14H21NOS/c1-4-7-17-9-14(16)13-8-10(2)15(11(13)3)12-5-6-12/h8,12H,4-7,9H2,1-3H3. The predicted molar refractivity (Wildman–Crippen MR) is 74.1 cm³/mol. The molecule has 0 aliphatic heterocycles. The normalized spacial score (nSPS) is 15.2. The highest BCUT2D eigenvalue weighted by molar-refractivity contribution is 7.99. The zero-order valence-corrected chi connectivity index (χ0v) is 11.8. The van der Waals surface area contributed by atoms with Gasteiger partial charge in [-0.05, 0) is 44.9 Å². The molecule has 0 unspecified atom stereocenters. The van der Waals surface area contributed by atoms with Gasteiger partial charge in [0.1, 0.15) is 0 Å². The minimum Gasteiger partial charge on any atom is -0.345 e. The van der Waals surface area contributed by atoms with Crippen molar-refractivity contribution in [3.63, 3.8) is 0 Å². The molecular weight excluding hydrogens is 230 g/mol. The maximum absolute atomic E-state index is 12.1. The van der Waals surface area contributed by atoms with E-state index in [1.54, 1.807) is 11.8 Å². The van der Waals surface area contributed by atoms with E-state index < -0.39 is 0 Å². The monoisotopic (exact) mass is 251 g/mol. The molecule has 1 saturated carbocycles. The number of nitrogens with zero attached hydrogens (tertiary/aromatic N) is 1. The van der Waals surface area contributed by atoms with Crippen molar-refractivity contribution in [3.8, 4) is 0 Å². The molecule has 1 heterocycles. The molecule has 0 radical (unpaired) electrons. The predicted octanol–water partition coefficient (Wildman–Crippen LogP) is 3.77. The Morgan fingerprint density at radius 2 is 2.18 bits per heavy atom. The molecule has 2 rings (SSSR count). The highest BCUT2D eigenvalue weighted by Crippen LogP contribution is 2.38. The Hall–Kier alpha value is -0.700. The molecule has 1 aromatic rings. The number of carbonyl (C=O) groups excluding carboxylic acids is 1. The fourth-order valence-electron chi connectivity index (χ4n) is 2.34. The minimum absolute atomic E-state index is 0.295. The molecule has 1 aromatic heterocycles. The van der Waals surface area contributed by atoms with E-state index in [4.69, 9.17) is 0 Å². The second kappa shape index (κ2) is 5.30. The van der Waals surface area contributed by atoms with E-state index in [0.717, 1.165) is 17.7 Å². The summed E-state index contributed by atoms with van der Waals surface area (Å²) < 4.78 is 2.34. The summed E-state index contributed by atoms with van der Waals surface area (Å²) in [7, 11) is 0. The van der Waals surface area contributed by atoms with Crippen LogP contribution >= 0.6 is 11.8 Å². The zero-order chi connectivity index (χ0) is 12.4. The van der Waals surface area contributed by atoms with Gasteiger partial charge in [-0.3, -0.25) is 4.79 Å². The Bertz CT molecular complexity index is 418. The van der Waals surface area contributed by atoms with Gasteiger partial charge in [0.2, 0.25) is 0 Å². The highest BCUT2D eigenvalue weighted by Gasteiger charge is 2.28. The molecule has 0 atom stereocenters. The van der Waals surface area contributed by atoms with Crippen LogP contribution in [0.3, 0.4) is 0 Å². The molecule has 1 fully saturated rings. The second-order valence-electron chi connectivity index (χ2n) is 4.86. The first-order valence-electron chi connectivity index (χ1n) is 6.44. The third-order valence-corrected chi connectivity index (χ3v) is 4.44. The molecule has 0 saturated heterocycles. The number of ketones is 1. The van der Waals surface area contributed by atoms with E-state index in [1.807, 2.05) is 0 Å². The van der Waals surface area contributed by atoms with E-state index in [1.165, 1.54) is 24.2 Å². The molecule has 0 aromatic carbocycles. The number of carbonyl (C=O) groups is 1. The lowest BCUT2D eigenvalue weighted by Crippen LogP contribution is -2.06.